The van der Waals surface area contributed by atoms with Gasteiger partial charge in [-0.05, 0) is 38.7 Å². The number of hydrogen-bond acceptors (Lipinski definition) is 5. The topological polar surface area (TPSA) is 91.7 Å². The number of hydrogen-bond donors (Lipinski definition) is 3. The number of amides is 1. The van der Waals surface area contributed by atoms with Gasteiger partial charge in [-0.15, -0.1) is 0 Å². The highest BCUT2D eigenvalue weighted by molar-refractivity contribution is 5.91. The average Bonchev–Trinajstić information content (AvgIpc) is 2.89. The van der Waals surface area contributed by atoms with Gasteiger partial charge < -0.3 is 9.52 Å². The molecule has 2 saturated heterocycles. The summed E-state index contributed by atoms with van der Waals surface area (Å²) < 4.78 is 5.45. The average molecular weight is 279 g/mol. The number of fused-ring (bicyclic) bond motifs is 2. The zero-order valence-corrected chi connectivity index (χ0v) is 11.6. The zero-order valence-electron chi connectivity index (χ0n) is 11.6. The summed E-state index contributed by atoms with van der Waals surface area (Å²) in [5.74, 6) is 5.73. The third-order valence-electron chi connectivity index (χ3n) is 4.59. The standard InChI is InChI=1S/C14H21N3O3/c1-8-9(4-13(20-8)14(19)16-15)7-17-10-2-3-11(17)6-12(18)5-10/h4,10-12,18H,2-3,5-7,15H2,1H3,(H,16,19). The lowest BCUT2D eigenvalue weighted by molar-refractivity contribution is 0.0308. The summed E-state index contributed by atoms with van der Waals surface area (Å²) in [6.45, 7) is 2.64. The first-order chi connectivity index (χ1) is 9.58. The molecule has 1 aromatic heterocycles. The quantitative estimate of drug-likeness (QED) is 0.430. The molecule has 2 bridgehead atoms. The van der Waals surface area contributed by atoms with Crippen molar-refractivity contribution in [2.75, 3.05) is 0 Å². The van der Waals surface area contributed by atoms with Gasteiger partial charge in [-0.3, -0.25) is 15.1 Å². The number of hydrazine groups is 1. The lowest BCUT2D eigenvalue weighted by Gasteiger charge is -2.37. The molecule has 1 aromatic rings. The number of piperidine rings is 1. The number of rotatable bonds is 3. The van der Waals surface area contributed by atoms with Gasteiger partial charge in [-0.25, -0.2) is 5.84 Å². The summed E-state index contributed by atoms with van der Waals surface area (Å²) in [4.78, 5) is 13.9. The van der Waals surface area contributed by atoms with Crippen LogP contribution in [0.5, 0.6) is 0 Å². The van der Waals surface area contributed by atoms with Crippen LogP contribution in [0.1, 0.15) is 47.6 Å². The van der Waals surface area contributed by atoms with Crippen molar-refractivity contribution in [3.63, 3.8) is 0 Å². The van der Waals surface area contributed by atoms with E-state index in [1.54, 1.807) is 6.07 Å². The summed E-state index contributed by atoms with van der Waals surface area (Å²) in [6.07, 6.45) is 3.84. The molecule has 4 N–H and O–H groups in total. The Morgan fingerprint density at radius 1 is 1.50 bits per heavy atom. The Morgan fingerprint density at radius 2 is 2.15 bits per heavy atom. The maximum absolute atomic E-state index is 11.5. The molecular weight excluding hydrogens is 258 g/mol. The third-order valence-corrected chi connectivity index (χ3v) is 4.59. The Hall–Kier alpha value is -1.37. The molecule has 6 heteroatoms. The third kappa shape index (κ3) is 2.34. The molecule has 1 amide bonds. The van der Waals surface area contributed by atoms with E-state index in [4.69, 9.17) is 10.3 Å². The molecule has 6 nitrogen and oxygen atoms in total. The summed E-state index contributed by atoms with van der Waals surface area (Å²) in [5.41, 5.74) is 3.11. The molecule has 20 heavy (non-hydrogen) atoms. The van der Waals surface area contributed by atoms with E-state index >= 15 is 0 Å². The number of carbonyl (C=O) groups is 1. The van der Waals surface area contributed by atoms with E-state index in [-0.39, 0.29) is 11.9 Å². The Bertz CT molecular complexity index is 500. The van der Waals surface area contributed by atoms with Gasteiger partial charge in [0, 0.05) is 24.2 Å². The van der Waals surface area contributed by atoms with Crippen LogP contribution in [0.2, 0.25) is 0 Å². The van der Waals surface area contributed by atoms with Crippen molar-refractivity contribution in [3.05, 3.63) is 23.2 Å². The molecule has 2 aliphatic rings. The number of furan rings is 1. The van der Waals surface area contributed by atoms with Gasteiger partial charge in [-0.1, -0.05) is 0 Å². The molecule has 2 atom stereocenters. The molecule has 3 heterocycles. The number of nitrogens with one attached hydrogen (secondary N) is 1. The number of nitrogen functional groups attached to an aromatic ring is 1. The van der Waals surface area contributed by atoms with Crippen molar-refractivity contribution in [2.24, 2.45) is 5.84 Å². The Morgan fingerprint density at radius 3 is 2.75 bits per heavy atom. The van der Waals surface area contributed by atoms with Crippen LogP contribution in [-0.4, -0.2) is 34.1 Å². The Labute approximate surface area is 117 Å². The summed E-state index contributed by atoms with van der Waals surface area (Å²) in [6, 6.07) is 2.66. The van der Waals surface area contributed by atoms with Crippen LogP contribution in [0.25, 0.3) is 0 Å². The minimum Gasteiger partial charge on any atom is -0.456 e. The molecule has 2 aliphatic heterocycles. The molecule has 0 radical (unpaired) electrons. The predicted octanol–water partition coefficient (Wildman–Crippen LogP) is 0.679. The van der Waals surface area contributed by atoms with Crippen LogP contribution >= 0.6 is 0 Å². The fourth-order valence-electron chi connectivity index (χ4n) is 3.56. The molecule has 0 saturated carbocycles. The normalized spacial score (nSPS) is 29.6. The maximum atomic E-state index is 11.5. The van der Waals surface area contributed by atoms with Gasteiger partial charge in [0.1, 0.15) is 5.76 Å². The number of nitrogens with two attached hydrogens (primary N) is 1. The fourth-order valence-corrected chi connectivity index (χ4v) is 3.56. The minimum absolute atomic E-state index is 0.159. The number of aryl methyl sites for hydroxylation is 1. The smallest absolute Gasteiger partial charge is 0.300 e. The SMILES string of the molecule is Cc1oc(C(=O)NN)cc1CN1C2CCC1CC(O)C2. The predicted molar refractivity (Wildman–Crippen MR) is 72.7 cm³/mol. The first-order valence-corrected chi connectivity index (χ1v) is 7.12. The van der Waals surface area contributed by atoms with E-state index in [9.17, 15) is 9.90 Å². The van der Waals surface area contributed by atoms with Gasteiger partial charge in [-0.2, -0.15) is 0 Å². The molecule has 0 spiro atoms. The lowest BCUT2D eigenvalue weighted by Crippen LogP contribution is -2.44. The summed E-state index contributed by atoms with van der Waals surface area (Å²) in [5, 5.41) is 9.83. The van der Waals surface area contributed by atoms with E-state index < -0.39 is 5.91 Å². The fraction of sp³-hybridized carbons (Fsp3) is 0.643. The summed E-state index contributed by atoms with van der Waals surface area (Å²) >= 11 is 0. The molecule has 110 valence electrons. The zero-order chi connectivity index (χ0) is 14.3. The van der Waals surface area contributed by atoms with Gasteiger partial charge in [0.15, 0.2) is 5.76 Å². The number of aliphatic hydroxyl groups is 1. The highest BCUT2D eigenvalue weighted by Crippen LogP contribution is 2.37. The van der Waals surface area contributed by atoms with Gasteiger partial charge >= 0.3 is 5.91 Å². The number of nitrogens with zero attached hydrogens (tertiary/aromatic N) is 1. The first-order valence-electron chi connectivity index (χ1n) is 7.12. The van der Waals surface area contributed by atoms with Gasteiger partial charge in [0.2, 0.25) is 0 Å². The number of aliphatic hydroxyl groups excluding tert-OH is 1. The van der Waals surface area contributed by atoms with Gasteiger partial charge in [0.05, 0.1) is 6.10 Å². The van der Waals surface area contributed by atoms with Crippen molar-refractivity contribution in [1.82, 2.24) is 10.3 Å². The maximum Gasteiger partial charge on any atom is 0.300 e. The molecule has 3 rings (SSSR count). The first kappa shape index (κ1) is 13.6. The van der Waals surface area contributed by atoms with E-state index in [2.05, 4.69) is 10.3 Å². The lowest BCUT2D eigenvalue weighted by atomic mass is 9.99. The summed E-state index contributed by atoms with van der Waals surface area (Å²) in [7, 11) is 0. The Balaban J connectivity index is 1.75. The molecule has 0 aliphatic carbocycles. The van der Waals surface area contributed by atoms with E-state index in [0.717, 1.165) is 43.6 Å². The van der Waals surface area contributed by atoms with Crippen LogP contribution in [0.4, 0.5) is 0 Å². The molecule has 2 unspecified atom stereocenters. The monoisotopic (exact) mass is 279 g/mol. The minimum atomic E-state index is -0.406. The van der Waals surface area contributed by atoms with E-state index in [0.29, 0.717) is 12.1 Å². The van der Waals surface area contributed by atoms with Crippen molar-refractivity contribution >= 4 is 5.91 Å². The molecule has 0 aromatic carbocycles. The van der Waals surface area contributed by atoms with Crippen LogP contribution in [-0.2, 0) is 6.54 Å². The van der Waals surface area contributed by atoms with Crippen LogP contribution in [0.3, 0.4) is 0 Å². The second kappa shape index (κ2) is 5.20. The highest BCUT2D eigenvalue weighted by Gasteiger charge is 2.40. The van der Waals surface area contributed by atoms with Crippen molar-refractivity contribution in [3.8, 4) is 0 Å². The van der Waals surface area contributed by atoms with Crippen LogP contribution in [0.15, 0.2) is 10.5 Å². The molecule has 2 fully saturated rings. The van der Waals surface area contributed by atoms with Crippen LogP contribution < -0.4 is 11.3 Å². The van der Waals surface area contributed by atoms with Crippen molar-refractivity contribution < 1.29 is 14.3 Å². The molecular formula is C14H21N3O3. The number of carbonyl (C=O) groups excluding carboxylic acids is 1. The second-order valence-electron chi connectivity index (χ2n) is 5.85. The van der Waals surface area contributed by atoms with Gasteiger partial charge in [0.25, 0.3) is 0 Å². The van der Waals surface area contributed by atoms with E-state index in [1.165, 1.54) is 0 Å². The second-order valence-corrected chi connectivity index (χ2v) is 5.85. The Kier molecular flexibility index (Phi) is 3.54. The van der Waals surface area contributed by atoms with Crippen LogP contribution in [0, 0.1) is 6.92 Å². The van der Waals surface area contributed by atoms with Crippen molar-refractivity contribution in [1.29, 1.82) is 0 Å². The van der Waals surface area contributed by atoms with E-state index in [1.807, 2.05) is 6.92 Å². The highest BCUT2D eigenvalue weighted by atomic mass is 16.4. The van der Waals surface area contributed by atoms with Crippen molar-refractivity contribution in [2.45, 2.75) is 57.3 Å². The largest absolute Gasteiger partial charge is 0.456 e.